The molecule has 0 saturated carbocycles. The summed E-state index contributed by atoms with van der Waals surface area (Å²) in [7, 11) is 1.58. The Kier molecular flexibility index (Phi) is 8.87. The Morgan fingerprint density at radius 2 is 2.17 bits per heavy atom. The first kappa shape index (κ1) is 25.7. The quantitative estimate of drug-likeness (QED) is 0.310. The van der Waals surface area contributed by atoms with Crippen molar-refractivity contribution in [1.29, 1.82) is 0 Å². The van der Waals surface area contributed by atoms with Crippen LogP contribution in [0.2, 0.25) is 5.02 Å². The van der Waals surface area contributed by atoms with Crippen molar-refractivity contribution in [2.24, 2.45) is 11.8 Å². The Balaban J connectivity index is 1.33. The van der Waals surface area contributed by atoms with Gasteiger partial charge in [0.2, 0.25) is 0 Å². The Morgan fingerprint density at radius 3 is 2.94 bits per heavy atom. The van der Waals surface area contributed by atoms with Crippen molar-refractivity contribution in [2.45, 2.75) is 30.3 Å². The Morgan fingerprint density at radius 1 is 1.31 bits per heavy atom. The second-order valence-corrected chi connectivity index (χ2v) is 10.5. The summed E-state index contributed by atoms with van der Waals surface area (Å²) in [5.74, 6) is 0.205. The number of thioether (sulfide) groups is 1. The van der Waals surface area contributed by atoms with Crippen LogP contribution < -0.4 is 4.74 Å². The molecule has 0 unspecified atom stereocenters. The maximum atomic E-state index is 15.4. The molecule has 1 fully saturated rings. The van der Waals surface area contributed by atoms with Gasteiger partial charge in [-0.15, -0.1) is 11.8 Å². The van der Waals surface area contributed by atoms with E-state index in [1.165, 1.54) is 0 Å². The SMILES string of the molecule is COc1ccc2nccc([C@@H](F)CC[C@@H]3CCN(CCSc4cccc(Cl)c4)C[C@@H]3C(=O)O)c2c1. The molecule has 0 bridgehead atoms. The maximum Gasteiger partial charge on any atom is 0.308 e. The molecular weight excluding hydrogens is 487 g/mol. The molecular formula is C27H30ClFN2O3S. The number of alkyl halides is 1. The van der Waals surface area contributed by atoms with E-state index in [0.717, 1.165) is 41.1 Å². The minimum absolute atomic E-state index is 0.0368. The van der Waals surface area contributed by atoms with E-state index in [-0.39, 0.29) is 12.3 Å². The molecule has 2 aromatic carbocycles. The second kappa shape index (κ2) is 12.1. The molecule has 0 spiro atoms. The van der Waals surface area contributed by atoms with Gasteiger partial charge in [-0.25, -0.2) is 4.39 Å². The highest BCUT2D eigenvalue weighted by Crippen LogP contribution is 2.35. The standard InChI is InChI=1S/C27H30ClFN2O3S/c1-34-20-6-8-26-23(16-20)22(9-11-30-26)25(29)7-5-18-10-12-31(17-24(18)27(32)33)13-14-35-21-4-2-3-19(28)15-21/h2-4,6,8-9,11,15-16,18,24-25H,5,7,10,12-14,17H2,1H3,(H,32,33)/t18-,24+,25+/m1/s1. The number of carboxylic acid groups (broad SMARTS) is 1. The van der Waals surface area contributed by atoms with Gasteiger partial charge in [0.15, 0.2) is 0 Å². The Hall–Kier alpha value is -2.35. The molecule has 1 aliphatic rings. The van der Waals surface area contributed by atoms with Gasteiger partial charge in [0.05, 0.1) is 18.5 Å². The van der Waals surface area contributed by atoms with E-state index in [0.29, 0.717) is 29.3 Å². The molecule has 5 nitrogen and oxygen atoms in total. The molecule has 8 heteroatoms. The number of aromatic nitrogens is 1. The van der Waals surface area contributed by atoms with Crippen LogP contribution in [0.25, 0.3) is 10.9 Å². The number of likely N-dealkylation sites (tertiary alicyclic amines) is 1. The number of fused-ring (bicyclic) bond motifs is 1. The minimum atomic E-state index is -1.19. The number of benzene rings is 2. The fraction of sp³-hybridized carbons (Fsp3) is 0.407. The zero-order chi connectivity index (χ0) is 24.8. The first-order chi connectivity index (χ1) is 16.9. The van der Waals surface area contributed by atoms with Gasteiger partial charge in [-0.3, -0.25) is 9.78 Å². The molecule has 0 radical (unpaired) electrons. The van der Waals surface area contributed by atoms with E-state index in [1.807, 2.05) is 42.5 Å². The summed E-state index contributed by atoms with van der Waals surface area (Å²) in [6, 6.07) is 14.9. The summed E-state index contributed by atoms with van der Waals surface area (Å²) in [5.41, 5.74) is 1.30. The lowest BCUT2D eigenvalue weighted by Crippen LogP contribution is -2.44. The van der Waals surface area contributed by atoms with Crippen molar-refractivity contribution >= 4 is 40.2 Å². The average Bonchev–Trinajstić information content (AvgIpc) is 2.87. The number of methoxy groups -OCH3 is 1. The van der Waals surface area contributed by atoms with Gasteiger partial charge < -0.3 is 14.7 Å². The highest BCUT2D eigenvalue weighted by atomic mass is 35.5. The van der Waals surface area contributed by atoms with Crippen LogP contribution in [0.4, 0.5) is 4.39 Å². The lowest BCUT2D eigenvalue weighted by atomic mass is 9.81. The van der Waals surface area contributed by atoms with Crippen molar-refractivity contribution in [2.75, 3.05) is 32.5 Å². The number of piperidine rings is 1. The number of rotatable bonds is 10. The molecule has 2 heterocycles. The summed E-state index contributed by atoms with van der Waals surface area (Å²) < 4.78 is 20.7. The van der Waals surface area contributed by atoms with Gasteiger partial charge in [0.25, 0.3) is 0 Å². The highest BCUT2D eigenvalue weighted by molar-refractivity contribution is 7.99. The number of carboxylic acids is 1. The molecule has 3 atom stereocenters. The average molecular weight is 517 g/mol. The minimum Gasteiger partial charge on any atom is -0.497 e. The molecule has 1 aromatic heterocycles. The number of nitrogens with zero attached hydrogens (tertiary/aromatic N) is 2. The molecule has 0 amide bonds. The van der Waals surface area contributed by atoms with Crippen LogP contribution in [0.3, 0.4) is 0 Å². The zero-order valence-corrected chi connectivity index (χ0v) is 21.3. The van der Waals surface area contributed by atoms with E-state index in [2.05, 4.69) is 9.88 Å². The molecule has 1 aliphatic heterocycles. The number of halogens is 2. The van der Waals surface area contributed by atoms with Crippen molar-refractivity contribution in [1.82, 2.24) is 9.88 Å². The Labute approximate surface area is 214 Å². The third kappa shape index (κ3) is 6.66. The van der Waals surface area contributed by atoms with Gasteiger partial charge >= 0.3 is 5.97 Å². The molecule has 35 heavy (non-hydrogen) atoms. The fourth-order valence-corrected chi connectivity index (χ4v) is 6.03. The topological polar surface area (TPSA) is 62.7 Å². The molecule has 1 saturated heterocycles. The molecule has 0 aliphatic carbocycles. The monoisotopic (exact) mass is 516 g/mol. The number of hydrogen-bond acceptors (Lipinski definition) is 5. The van der Waals surface area contributed by atoms with E-state index >= 15 is 4.39 Å². The lowest BCUT2D eigenvalue weighted by Gasteiger charge is -2.36. The summed E-state index contributed by atoms with van der Waals surface area (Å²) in [6.45, 7) is 2.14. The third-order valence-electron chi connectivity index (χ3n) is 6.74. The fourth-order valence-electron chi connectivity index (χ4n) is 4.81. The van der Waals surface area contributed by atoms with E-state index < -0.39 is 18.1 Å². The first-order valence-corrected chi connectivity index (χ1v) is 13.2. The number of carbonyl (C=O) groups is 1. The van der Waals surface area contributed by atoms with Crippen molar-refractivity contribution in [3.63, 3.8) is 0 Å². The smallest absolute Gasteiger partial charge is 0.308 e. The van der Waals surface area contributed by atoms with Gasteiger partial charge in [-0.2, -0.15) is 0 Å². The van der Waals surface area contributed by atoms with Crippen LogP contribution in [-0.2, 0) is 4.79 Å². The van der Waals surface area contributed by atoms with Crippen LogP contribution in [0.5, 0.6) is 5.75 Å². The molecule has 1 N–H and O–H groups in total. The van der Waals surface area contributed by atoms with Crippen LogP contribution in [0, 0.1) is 11.8 Å². The van der Waals surface area contributed by atoms with Crippen molar-refractivity contribution in [3.8, 4) is 5.75 Å². The van der Waals surface area contributed by atoms with Crippen LogP contribution >= 0.6 is 23.4 Å². The van der Waals surface area contributed by atoms with Crippen molar-refractivity contribution < 1.29 is 19.0 Å². The highest BCUT2D eigenvalue weighted by Gasteiger charge is 2.34. The van der Waals surface area contributed by atoms with Gasteiger partial charge in [-0.05, 0) is 79.8 Å². The predicted molar refractivity (Wildman–Crippen MR) is 139 cm³/mol. The van der Waals surface area contributed by atoms with E-state index in [9.17, 15) is 9.90 Å². The molecule has 4 rings (SSSR count). The maximum absolute atomic E-state index is 15.4. The number of pyridine rings is 1. The molecule has 3 aromatic rings. The van der Waals surface area contributed by atoms with Crippen LogP contribution in [-0.4, -0.2) is 53.5 Å². The summed E-state index contributed by atoms with van der Waals surface area (Å²) >= 11 is 7.77. The second-order valence-electron chi connectivity index (χ2n) is 8.93. The van der Waals surface area contributed by atoms with Crippen LogP contribution in [0.1, 0.15) is 31.0 Å². The largest absolute Gasteiger partial charge is 0.497 e. The van der Waals surface area contributed by atoms with Gasteiger partial charge in [-0.1, -0.05) is 17.7 Å². The lowest BCUT2D eigenvalue weighted by molar-refractivity contribution is -0.146. The van der Waals surface area contributed by atoms with E-state index in [4.69, 9.17) is 16.3 Å². The van der Waals surface area contributed by atoms with Crippen molar-refractivity contribution in [3.05, 3.63) is 65.3 Å². The Bertz CT molecular complexity index is 1160. The van der Waals surface area contributed by atoms with Crippen LogP contribution in [0.15, 0.2) is 59.6 Å². The normalized spacial score (nSPS) is 19.5. The molecule has 186 valence electrons. The number of hydrogen-bond donors (Lipinski definition) is 1. The van der Waals surface area contributed by atoms with Gasteiger partial charge in [0.1, 0.15) is 11.9 Å². The summed E-state index contributed by atoms with van der Waals surface area (Å²) in [4.78, 5) is 19.7. The zero-order valence-electron chi connectivity index (χ0n) is 19.7. The number of aliphatic carboxylic acids is 1. The summed E-state index contributed by atoms with van der Waals surface area (Å²) in [6.07, 6.45) is 2.02. The third-order valence-corrected chi connectivity index (χ3v) is 7.95. The van der Waals surface area contributed by atoms with E-state index in [1.54, 1.807) is 31.1 Å². The first-order valence-electron chi connectivity index (χ1n) is 11.8. The van der Waals surface area contributed by atoms with Gasteiger partial charge in [0, 0.05) is 40.3 Å². The predicted octanol–water partition coefficient (Wildman–Crippen LogP) is 6.50. The summed E-state index contributed by atoms with van der Waals surface area (Å²) in [5, 5.41) is 11.3. The number of ether oxygens (including phenoxy) is 1.